The Morgan fingerprint density at radius 1 is 1.00 bits per heavy atom. The predicted octanol–water partition coefficient (Wildman–Crippen LogP) is 2.32. The minimum absolute atomic E-state index is 0.0418. The van der Waals surface area contributed by atoms with Crippen molar-refractivity contribution in [1.29, 1.82) is 0 Å². The van der Waals surface area contributed by atoms with E-state index in [9.17, 15) is 19.2 Å². The van der Waals surface area contributed by atoms with Gasteiger partial charge in [-0.2, -0.15) is 0 Å². The fraction of sp³-hybridized carbons (Fsp3) is 0.545. The highest BCUT2D eigenvalue weighted by molar-refractivity contribution is 5.76. The van der Waals surface area contributed by atoms with Crippen LogP contribution in [-0.2, 0) is 35.1 Å². The minimum atomic E-state index is -0.998. The van der Waals surface area contributed by atoms with E-state index in [0.29, 0.717) is 5.56 Å². The number of carbonyl (C=O) groups is 4. The van der Waals surface area contributed by atoms with Crippen molar-refractivity contribution in [3.63, 3.8) is 0 Å². The van der Waals surface area contributed by atoms with Crippen LogP contribution in [0.5, 0.6) is 11.5 Å². The van der Waals surface area contributed by atoms with Gasteiger partial charge in [-0.25, -0.2) is 0 Å². The number of hydrogen-bond donors (Lipinski definition) is 1. The van der Waals surface area contributed by atoms with Crippen molar-refractivity contribution in [2.45, 2.75) is 66.5 Å². The van der Waals surface area contributed by atoms with Crippen molar-refractivity contribution in [2.24, 2.45) is 11.1 Å². The Morgan fingerprint density at radius 2 is 1.58 bits per heavy atom. The average molecular weight is 437 g/mol. The highest BCUT2D eigenvalue weighted by Crippen LogP contribution is 2.29. The number of rotatable bonds is 9. The highest BCUT2D eigenvalue weighted by atomic mass is 16.6. The molecule has 0 bridgehead atoms. The van der Waals surface area contributed by atoms with Crippen molar-refractivity contribution in [3.8, 4) is 11.5 Å². The number of esters is 4. The molecule has 2 N–H and O–H groups in total. The molecular weight excluding hydrogens is 406 g/mol. The van der Waals surface area contributed by atoms with Crippen molar-refractivity contribution >= 4 is 23.9 Å². The van der Waals surface area contributed by atoms with E-state index in [1.165, 1.54) is 26.0 Å². The fourth-order valence-electron chi connectivity index (χ4n) is 2.53. The second-order valence-corrected chi connectivity index (χ2v) is 8.45. The summed E-state index contributed by atoms with van der Waals surface area (Å²) < 4.78 is 20.4. The van der Waals surface area contributed by atoms with Gasteiger partial charge in [0, 0.05) is 13.8 Å². The van der Waals surface area contributed by atoms with Crippen molar-refractivity contribution < 1.29 is 38.1 Å². The van der Waals surface area contributed by atoms with Crippen LogP contribution in [0.3, 0.4) is 0 Å². The third kappa shape index (κ3) is 10.6. The molecule has 0 heterocycles. The second kappa shape index (κ2) is 11.5. The SMILES string of the molecule is CC(=O)Oc1ccc(C[C@H](N)C(=O)OC[C@H](C)OC(=O)CC(C)(C)C)cc1OC(C)=O. The van der Waals surface area contributed by atoms with Crippen molar-refractivity contribution in [3.05, 3.63) is 23.8 Å². The summed E-state index contributed by atoms with van der Waals surface area (Å²) in [7, 11) is 0. The zero-order valence-corrected chi connectivity index (χ0v) is 18.9. The Hall–Kier alpha value is -2.94. The van der Waals surface area contributed by atoms with E-state index >= 15 is 0 Å². The van der Waals surface area contributed by atoms with Gasteiger partial charge >= 0.3 is 23.9 Å². The van der Waals surface area contributed by atoms with Gasteiger partial charge in [0.25, 0.3) is 0 Å². The zero-order chi connectivity index (χ0) is 23.8. The molecule has 2 atom stereocenters. The first-order valence-corrected chi connectivity index (χ1v) is 9.88. The fourth-order valence-corrected chi connectivity index (χ4v) is 2.53. The molecule has 0 aliphatic rings. The van der Waals surface area contributed by atoms with Crippen LogP contribution in [0.1, 0.15) is 53.5 Å². The van der Waals surface area contributed by atoms with Crippen LogP contribution in [0.25, 0.3) is 0 Å². The maximum Gasteiger partial charge on any atom is 0.323 e. The first-order valence-electron chi connectivity index (χ1n) is 9.88. The molecule has 0 fully saturated rings. The van der Waals surface area contributed by atoms with Gasteiger partial charge in [0.1, 0.15) is 18.8 Å². The Bertz CT molecular complexity index is 812. The Morgan fingerprint density at radius 3 is 2.13 bits per heavy atom. The van der Waals surface area contributed by atoms with Crippen LogP contribution in [0.4, 0.5) is 0 Å². The topological polar surface area (TPSA) is 131 Å². The molecule has 1 aromatic carbocycles. The molecule has 0 aliphatic heterocycles. The van der Waals surface area contributed by atoms with Gasteiger partial charge in [-0.1, -0.05) is 26.8 Å². The van der Waals surface area contributed by atoms with Gasteiger partial charge in [0.15, 0.2) is 11.5 Å². The third-order valence-electron chi connectivity index (χ3n) is 3.74. The quantitative estimate of drug-likeness (QED) is 0.456. The van der Waals surface area contributed by atoms with E-state index in [4.69, 9.17) is 24.7 Å². The molecule has 31 heavy (non-hydrogen) atoms. The molecule has 172 valence electrons. The molecule has 0 spiro atoms. The van der Waals surface area contributed by atoms with Gasteiger partial charge < -0.3 is 24.7 Å². The van der Waals surface area contributed by atoms with Crippen LogP contribution in [0.2, 0.25) is 0 Å². The van der Waals surface area contributed by atoms with E-state index in [2.05, 4.69) is 0 Å². The van der Waals surface area contributed by atoms with Gasteiger partial charge in [0.2, 0.25) is 0 Å². The summed E-state index contributed by atoms with van der Waals surface area (Å²) >= 11 is 0. The molecule has 0 saturated heterocycles. The zero-order valence-electron chi connectivity index (χ0n) is 18.9. The minimum Gasteiger partial charge on any atom is -0.461 e. The van der Waals surface area contributed by atoms with E-state index < -0.39 is 30.1 Å². The molecule has 0 aromatic heterocycles. The molecular formula is C22H31NO8. The van der Waals surface area contributed by atoms with Gasteiger partial charge in [-0.3, -0.25) is 19.2 Å². The second-order valence-electron chi connectivity index (χ2n) is 8.45. The van der Waals surface area contributed by atoms with E-state index in [1.54, 1.807) is 13.0 Å². The van der Waals surface area contributed by atoms with E-state index in [0.717, 1.165) is 0 Å². The summed E-state index contributed by atoms with van der Waals surface area (Å²) in [6.07, 6.45) is -0.269. The maximum atomic E-state index is 12.2. The lowest BCUT2D eigenvalue weighted by Crippen LogP contribution is -2.36. The molecule has 0 aliphatic carbocycles. The monoisotopic (exact) mass is 437 g/mol. The molecule has 9 heteroatoms. The highest BCUT2D eigenvalue weighted by Gasteiger charge is 2.22. The Kier molecular flexibility index (Phi) is 9.64. The van der Waals surface area contributed by atoms with Gasteiger partial charge in [-0.15, -0.1) is 0 Å². The van der Waals surface area contributed by atoms with Crippen molar-refractivity contribution in [1.82, 2.24) is 0 Å². The first kappa shape index (κ1) is 26.1. The Balaban J connectivity index is 2.66. The number of benzene rings is 1. The summed E-state index contributed by atoms with van der Waals surface area (Å²) in [5.41, 5.74) is 6.28. The molecule has 1 rings (SSSR count). The normalized spacial score (nSPS) is 13.0. The Labute approximate surface area is 182 Å². The summed E-state index contributed by atoms with van der Waals surface area (Å²) in [4.78, 5) is 46.5. The third-order valence-corrected chi connectivity index (χ3v) is 3.74. The number of carbonyl (C=O) groups excluding carboxylic acids is 4. The van der Waals surface area contributed by atoms with Crippen LogP contribution in [0, 0.1) is 5.41 Å². The summed E-state index contributed by atoms with van der Waals surface area (Å²) in [5, 5.41) is 0. The summed E-state index contributed by atoms with van der Waals surface area (Å²) in [5.74, 6) is -2.08. The first-order chi connectivity index (χ1) is 14.3. The largest absolute Gasteiger partial charge is 0.461 e. The van der Waals surface area contributed by atoms with Crippen LogP contribution >= 0.6 is 0 Å². The van der Waals surface area contributed by atoms with Gasteiger partial charge in [0.05, 0.1) is 6.42 Å². The standard InChI is InChI=1S/C22H31NO8/c1-13(29-20(26)11-22(4,5)6)12-28-21(27)17(23)9-16-7-8-18(30-14(2)24)19(10-16)31-15(3)25/h7-8,10,13,17H,9,11-12,23H2,1-6H3/t13-,17-/m0/s1. The van der Waals surface area contributed by atoms with Gasteiger partial charge in [-0.05, 0) is 36.5 Å². The van der Waals surface area contributed by atoms with Crippen molar-refractivity contribution in [2.75, 3.05) is 6.61 Å². The average Bonchev–Trinajstić information content (AvgIpc) is 2.59. The number of hydrogen-bond acceptors (Lipinski definition) is 9. The lowest BCUT2D eigenvalue weighted by atomic mass is 9.92. The lowest BCUT2D eigenvalue weighted by molar-refractivity contribution is -0.160. The molecule has 0 saturated carbocycles. The van der Waals surface area contributed by atoms with Crippen LogP contribution < -0.4 is 15.2 Å². The molecule has 0 amide bonds. The number of nitrogens with two attached hydrogens (primary N) is 1. The maximum absolute atomic E-state index is 12.2. The summed E-state index contributed by atoms with van der Waals surface area (Å²) in [6.45, 7) is 9.70. The van der Waals surface area contributed by atoms with E-state index in [-0.39, 0.29) is 42.3 Å². The molecule has 0 radical (unpaired) electrons. The van der Waals surface area contributed by atoms with Crippen LogP contribution in [-0.4, -0.2) is 42.6 Å². The lowest BCUT2D eigenvalue weighted by Gasteiger charge is -2.20. The number of ether oxygens (including phenoxy) is 4. The molecule has 0 unspecified atom stereocenters. The predicted molar refractivity (Wildman–Crippen MR) is 111 cm³/mol. The van der Waals surface area contributed by atoms with E-state index in [1.807, 2.05) is 20.8 Å². The smallest absolute Gasteiger partial charge is 0.323 e. The molecule has 1 aromatic rings. The summed E-state index contributed by atoms with van der Waals surface area (Å²) in [6, 6.07) is 3.50. The molecule has 9 nitrogen and oxygen atoms in total. The van der Waals surface area contributed by atoms with Crippen LogP contribution in [0.15, 0.2) is 18.2 Å².